The number of aromatic nitrogens is 1. The molecule has 1 aliphatic rings. The number of hydrogen-bond acceptors (Lipinski definition) is 5. The molecule has 1 aromatic carbocycles. The van der Waals surface area contributed by atoms with Gasteiger partial charge in [0.2, 0.25) is 0 Å². The second-order valence-electron chi connectivity index (χ2n) is 6.36. The van der Waals surface area contributed by atoms with Gasteiger partial charge in [-0.3, -0.25) is 0 Å². The number of carbonyl (C=O) groups is 1. The molecule has 1 saturated carbocycles. The van der Waals surface area contributed by atoms with Crippen LogP contribution < -0.4 is 9.47 Å². The van der Waals surface area contributed by atoms with Crippen molar-refractivity contribution in [3.05, 3.63) is 53.2 Å². The van der Waals surface area contributed by atoms with Crippen molar-refractivity contribution in [2.75, 3.05) is 7.11 Å². The van der Waals surface area contributed by atoms with E-state index in [1.54, 1.807) is 30.5 Å². The number of hydrogen-bond donors (Lipinski definition) is 1. The first kappa shape index (κ1) is 18.5. The topological polar surface area (TPSA) is 92.4 Å². The maximum atomic E-state index is 11.1. The van der Waals surface area contributed by atoms with Crippen LogP contribution in [-0.2, 0) is 0 Å². The molecule has 0 amide bonds. The van der Waals surface area contributed by atoms with Crippen molar-refractivity contribution in [3.8, 4) is 17.7 Å². The number of benzene rings is 1. The Morgan fingerprint density at radius 3 is 2.74 bits per heavy atom. The average Bonchev–Trinajstić information content (AvgIpc) is 3.19. The third kappa shape index (κ3) is 4.45. The van der Waals surface area contributed by atoms with E-state index in [0.29, 0.717) is 28.3 Å². The van der Waals surface area contributed by atoms with Gasteiger partial charge in [-0.2, -0.15) is 5.26 Å². The number of methoxy groups -OCH3 is 1. The van der Waals surface area contributed by atoms with Crippen LogP contribution in [0.25, 0.3) is 11.6 Å². The average molecular weight is 364 g/mol. The molecule has 1 aromatic heterocycles. The first-order chi connectivity index (χ1) is 13.1. The molecule has 1 fully saturated rings. The van der Waals surface area contributed by atoms with Gasteiger partial charge < -0.3 is 14.6 Å². The second kappa shape index (κ2) is 8.37. The third-order valence-corrected chi connectivity index (χ3v) is 4.48. The minimum absolute atomic E-state index is 0.137. The Kier molecular flexibility index (Phi) is 5.72. The van der Waals surface area contributed by atoms with Crippen molar-refractivity contribution in [1.82, 2.24) is 4.98 Å². The third-order valence-electron chi connectivity index (χ3n) is 4.48. The molecule has 0 aliphatic heterocycles. The summed E-state index contributed by atoms with van der Waals surface area (Å²) < 4.78 is 11.3. The second-order valence-corrected chi connectivity index (χ2v) is 6.36. The number of carboxylic acids is 1. The lowest BCUT2D eigenvalue weighted by molar-refractivity contribution is 0.0697. The van der Waals surface area contributed by atoms with Crippen LogP contribution in [0.3, 0.4) is 0 Å². The highest BCUT2D eigenvalue weighted by Gasteiger charge is 2.20. The summed E-state index contributed by atoms with van der Waals surface area (Å²) in [4.78, 5) is 15.4. The molecular weight excluding hydrogens is 344 g/mol. The quantitative estimate of drug-likeness (QED) is 0.773. The highest BCUT2D eigenvalue weighted by atomic mass is 16.5. The minimum atomic E-state index is -1.01. The minimum Gasteiger partial charge on any atom is -0.485 e. The zero-order valence-electron chi connectivity index (χ0n) is 15.0. The van der Waals surface area contributed by atoms with Gasteiger partial charge in [-0.1, -0.05) is 12.1 Å². The van der Waals surface area contributed by atoms with Crippen LogP contribution in [-0.4, -0.2) is 29.3 Å². The molecule has 0 saturated heterocycles. The summed E-state index contributed by atoms with van der Waals surface area (Å²) in [7, 11) is 1.53. The van der Waals surface area contributed by atoms with Gasteiger partial charge in [0.1, 0.15) is 0 Å². The molecule has 27 heavy (non-hydrogen) atoms. The SMILES string of the molecule is COc1ncc(C(C#N)=Cc2cccc(C(=O)O)c2)cc1OC1CCCC1. The molecule has 2 aromatic rings. The molecule has 0 radical (unpaired) electrons. The predicted octanol–water partition coefficient (Wildman–Crippen LogP) is 4.17. The summed E-state index contributed by atoms with van der Waals surface area (Å²) in [5.74, 6) is -0.111. The maximum Gasteiger partial charge on any atom is 0.335 e. The molecule has 1 heterocycles. The molecule has 6 nitrogen and oxygen atoms in total. The lowest BCUT2D eigenvalue weighted by Crippen LogP contribution is -2.12. The number of nitriles is 1. The first-order valence-electron chi connectivity index (χ1n) is 8.77. The number of aromatic carboxylic acids is 1. The Labute approximate surface area is 157 Å². The molecule has 1 N–H and O–H groups in total. The van der Waals surface area contributed by atoms with Crippen LogP contribution in [0.1, 0.15) is 47.2 Å². The number of allylic oxidation sites excluding steroid dienone is 1. The van der Waals surface area contributed by atoms with Crippen LogP contribution >= 0.6 is 0 Å². The molecule has 3 rings (SSSR count). The van der Waals surface area contributed by atoms with E-state index >= 15 is 0 Å². The molecule has 138 valence electrons. The lowest BCUT2D eigenvalue weighted by Gasteiger charge is -2.16. The molecule has 6 heteroatoms. The summed E-state index contributed by atoms with van der Waals surface area (Å²) in [5.41, 5.74) is 1.75. The van der Waals surface area contributed by atoms with Gasteiger partial charge in [0.25, 0.3) is 5.88 Å². The molecule has 0 atom stereocenters. The fourth-order valence-electron chi connectivity index (χ4n) is 3.11. The fraction of sp³-hybridized carbons (Fsp3) is 0.286. The first-order valence-corrected chi connectivity index (χ1v) is 8.77. The van der Waals surface area contributed by atoms with Gasteiger partial charge in [-0.05, 0) is 55.5 Å². The van der Waals surface area contributed by atoms with E-state index in [1.807, 2.05) is 0 Å². The van der Waals surface area contributed by atoms with Gasteiger partial charge in [-0.15, -0.1) is 0 Å². The number of nitrogens with zero attached hydrogens (tertiary/aromatic N) is 2. The smallest absolute Gasteiger partial charge is 0.335 e. The normalized spacial score (nSPS) is 14.6. The number of carboxylic acid groups (broad SMARTS) is 1. The van der Waals surface area contributed by atoms with Crippen molar-refractivity contribution >= 4 is 17.6 Å². The Balaban J connectivity index is 1.94. The standard InChI is InChI=1S/C21H20N2O4/c1-26-20-19(27-18-7-2-3-8-18)11-17(13-23-20)16(12-22)10-14-5-4-6-15(9-14)21(24)25/h4-6,9-11,13,18H,2-3,7-8H2,1H3,(H,24,25). The van der Waals surface area contributed by atoms with Crippen molar-refractivity contribution in [2.45, 2.75) is 31.8 Å². The van der Waals surface area contributed by atoms with E-state index in [2.05, 4.69) is 11.1 Å². The largest absolute Gasteiger partial charge is 0.485 e. The zero-order chi connectivity index (χ0) is 19.2. The summed E-state index contributed by atoms with van der Waals surface area (Å²) in [6.07, 6.45) is 7.60. The van der Waals surface area contributed by atoms with E-state index in [4.69, 9.17) is 14.6 Å². The van der Waals surface area contributed by atoms with Crippen molar-refractivity contribution in [2.24, 2.45) is 0 Å². The van der Waals surface area contributed by atoms with Crippen LogP contribution in [0, 0.1) is 11.3 Å². The number of pyridine rings is 1. The van der Waals surface area contributed by atoms with E-state index in [-0.39, 0.29) is 11.7 Å². The highest BCUT2D eigenvalue weighted by molar-refractivity contribution is 5.92. The van der Waals surface area contributed by atoms with E-state index in [0.717, 1.165) is 25.7 Å². The van der Waals surface area contributed by atoms with Crippen LogP contribution in [0.15, 0.2) is 36.5 Å². The summed E-state index contributed by atoms with van der Waals surface area (Å²) >= 11 is 0. The summed E-state index contributed by atoms with van der Waals surface area (Å²) in [6, 6.07) is 10.3. The fourth-order valence-corrected chi connectivity index (χ4v) is 3.11. The summed E-state index contributed by atoms with van der Waals surface area (Å²) in [6.45, 7) is 0. The summed E-state index contributed by atoms with van der Waals surface area (Å²) in [5, 5.41) is 18.7. The molecular formula is C21H20N2O4. The van der Waals surface area contributed by atoms with Crippen LogP contribution in [0.2, 0.25) is 0 Å². The van der Waals surface area contributed by atoms with Gasteiger partial charge in [-0.25, -0.2) is 9.78 Å². The monoisotopic (exact) mass is 364 g/mol. The molecule has 1 aliphatic carbocycles. The Hall–Kier alpha value is -3.33. The molecule has 0 bridgehead atoms. The van der Waals surface area contributed by atoms with Crippen LogP contribution in [0.4, 0.5) is 0 Å². The van der Waals surface area contributed by atoms with E-state index < -0.39 is 5.97 Å². The van der Waals surface area contributed by atoms with Gasteiger partial charge in [0.15, 0.2) is 5.75 Å². The Morgan fingerprint density at radius 1 is 1.30 bits per heavy atom. The number of rotatable bonds is 6. The van der Waals surface area contributed by atoms with Gasteiger partial charge in [0, 0.05) is 11.8 Å². The van der Waals surface area contributed by atoms with Crippen LogP contribution in [0.5, 0.6) is 11.6 Å². The maximum absolute atomic E-state index is 11.1. The predicted molar refractivity (Wildman–Crippen MR) is 101 cm³/mol. The Bertz CT molecular complexity index is 909. The number of ether oxygens (including phenoxy) is 2. The van der Waals surface area contributed by atoms with Crippen molar-refractivity contribution in [3.63, 3.8) is 0 Å². The molecule has 0 spiro atoms. The lowest BCUT2D eigenvalue weighted by atomic mass is 10.0. The highest BCUT2D eigenvalue weighted by Crippen LogP contribution is 2.32. The Morgan fingerprint density at radius 2 is 2.07 bits per heavy atom. The van der Waals surface area contributed by atoms with Gasteiger partial charge in [0.05, 0.1) is 30.4 Å². The van der Waals surface area contributed by atoms with Gasteiger partial charge >= 0.3 is 5.97 Å². The zero-order valence-corrected chi connectivity index (χ0v) is 15.0. The molecule has 0 unspecified atom stereocenters. The van der Waals surface area contributed by atoms with E-state index in [9.17, 15) is 10.1 Å². The van der Waals surface area contributed by atoms with Crippen molar-refractivity contribution in [1.29, 1.82) is 5.26 Å². The van der Waals surface area contributed by atoms with Crippen molar-refractivity contribution < 1.29 is 19.4 Å². The van der Waals surface area contributed by atoms with E-state index in [1.165, 1.54) is 19.2 Å².